The molecule has 2 aromatic carbocycles. The van der Waals surface area contributed by atoms with Crippen molar-refractivity contribution in [2.45, 2.75) is 57.2 Å². The van der Waals surface area contributed by atoms with Crippen molar-refractivity contribution in [1.29, 1.82) is 0 Å². The van der Waals surface area contributed by atoms with Crippen LogP contribution < -0.4 is 0 Å². The van der Waals surface area contributed by atoms with Crippen LogP contribution in [0.3, 0.4) is 0 Å². The highest BCUT2D eigenvalue weighted by Crippen LogP contribution is 2.40. The molecule has 4 atom stereocenters. The van der Waals surface area contributed by atoms with E-state index in [4.69, 9.17) is 27.9 Å². The van der Waals surface area contributed by atoms with Crippen molar-refractivity contribution in [2.24, 2.45) is 17.8 Å². The van der Waals surface area contributed by atoms with Crippen molar-refractivity contribution in [3.8, 4) is 0 Å². The van der Waals surface area contributed by atoms with Crippen LogP contribution in [-0.4, -0.2) is 28.9 Å². The molecular weight excluding hydrogens is 471 g/mol. The van der Waals surface area contributed by atoms with Gasteiger partial charge >= 0.3 is 0 Å². The topological polar surface area (TPSA) is 63.6 Å². The molecule has 0 saturated heterocycles. The fourth-order valence-electron chi connectivity index (χ4n) is 5.32. The van der Waals surface area contributed by atoms with Crippen LogP contribution in [-0.2, 0) is 27.2 Å². The molecule has 34 heavy (non-hydrogen) atoms. The van der Waals surface area contributed by atoms with Gasteiger partial charge in [0.05, 0.1) is 0 Å². The molecule has 0 aromatic heterocycles. The molecule has 4 rings (SSSR count). The summed E-state index contributed by atoms with van der Waals surface area (Å²) in [5.41, 5.74) is 1.05. The molecule has 0 spiro atoms. The fraction of sp³-hybridized carbons (Fsp3) is 0.429. The Balaban J connectivity index is 1.51. The molecule has 2 aliphatic rings. The number of aliphatic hydroxyl groups excluding tert-OH is 1. The van der Waals surface area contributed by atoms with Crippen molar-refractivity contribution >= 4 is 35.3 Å². The van der Waals surface area contributed by atoms with Crippen molar-refractivity contribution < 1.29 is 19.4 Å². The van der Waals surface area contributed by atoms with Crippen molar-refractivity contribution in [1.82, 2.24) is 0 Å². The molecule has 0 radical (unpaired) electrons. The molecule has 1 heterocycles. The lowest BCUT2D eigenvalue weighted by molar-refractivity contribution is -0.133. The van der Waals surface area contributed by atoms with Gasteiger partial charge < -0.3 is 9.84 Å². The van der Waals surface area contributed by atoms with E-state index < -0.39 is 11.7 Å². The standard InChI is InChI=1S/C28H30Cl2O4/c1-28(17-31)16-25(32)27(34-28)21-4-2-3-20(15-21)26(33)22(13-18-5-9-23(29)10-6-18)14-19-7-11-24(30)12-8-19/h5-12,16-17,20-22,27,32H,2-4,13-15H2,1H3. The van der Waals surface area contributed by atoms with Crippen LogP contribution in [0.4, 0.5) is 0 Å². The minimum Gasteiger partial charge on any atom is -0.510 e. The Bertz CT molecular complexity index is 1000. The molecule has 1 aliphatic carbocycles. The summed E-state index contributed by atoms with van der Waals surface area (Å²) in [4.78, 5) is 25.2. The monoisotopic (exact) mass is 500 g/mol. The van der Waals surface area contributed by atoms with E-state index in [1.807, 2.05) is 48.5 Å². The Kier molecular flexibility index (Phi) is 7.81. The van der Waals surface area contributed by atoms with Crippen LogP contribution in [0.5, 0.6) is 0 Å². The molecule has 180 valence electrons. The number of halogens is 2. The van der Waals surface area contributed by atoms with Gasteiger partial charge in [0, 0.05) is 21.9 Å². The number of aliphatic hydroxyl groups is 1. The van der Waals surface area contributed by atoms with Crippen LogP contribution in [0, 0.1) is 17.8 Å². The summed E-state index contributed by atoms with van der Waals surface area (Å²) in [6, 6.07) is 15.3. The molecule has 4 unspecified atom stereocenters. The SMILES string of the molecule is CC1(C=O)C=C(O)C(C2CCCC(C(=O)C(Cc3ccc(Cl)cc3)Cc3ccc(Cl)cc3)C2)O1. The summed E-state index contributed by atoms with van der Waals surface area (Å²) in [7, 11) is 0. The minimum atomic E-state index is -1.10. The minimum absolute atomic E-state index is 0.00689. The number of ether oxygens (including phenoxy) is 1. The first kappa shape index (κ1) is 25.0. The first-order valence-electron chi connectivity index (χ1n) is 11.8. The third kappa shape index (κ3) is 5.91. The van der Waals surface area contributed by atoms with E-state index in [0.717, 1.165) is 30.4 Å². The second-order valence-electron chi connectivity index (χ2n) is 9.79. The third-order valence-electron chi connectivity index (χ3n) is 7.08. The first-order chi connectivity index (χ1) is 16.3. The van der Waals surface area contributed by atoms with Crippen LogP contribution >= 0.6 is 23.2 Å². The lowest BCUT2D eigenvalue weighted by Gasteiger charge is -2.34. The van der Waals surface area contributed by atoms with Gasteiger partial charge in [-0.1, -0.05) is 53.9 Å². The van der Waals surface area contributed by atoms with E-state index in [1.54, 1.807) is 6.92 Å². The predicted molar refractivity (Wildman–Crippen MR) is 134 cm³/mol. The van der Waals surface area contributed by atoms with Gasteiger partial charge in [0.25, 0.3) is 0 Å². The predicted octanol–water partition coefficient (Wildman–Crippen LogP) is 6.57. The summed E-state index contributed by atoms with van der Waals surface area (Å²) in [6.07, 6.45) is 6.16. The smallest absolute Gasteiger partial charge is 0.155 e. The average Bonchev–Trinajstić information content (AvgIpc) is 3.16. The van der Waals surface area contributed by atoms with E-state index in [-0.39, 0.29) is 29.3 Å². The molecule has 4 nitrogen and oxygen atoms in total. The maximum absolute atomic E-state index is 13.8. The van der Waals surface area contributed by atoms with Gasteiger partial charge in [0.1, 0.15) is 23.2 Å². The number of hydrogen-bond donors (Lipinski definition) is 1. The van der Waals surface area contributed by atoms with Gasteiger partial charge in [-0.05, 0) is 86.4 Å². The second-order valence-corrected chi connectivity index (χ2v) is 10.7. The summed E-state index contributed by atoms with van der Waals surface area (Å²) < 4.78 is 5.91. The number of benzene rings is 2. The summed E-state index contributed by atoms with van der Waals surface area (Å²) in [6.45, 7) is 1.65. The Labute approximate surface area is 210 Å². The van der Waals surface area contributed by atoms with Gasteiger partial charge in [-0.3, -0.25) is 9.59 Å². The fourth-order valence-corrected chi connectivity index (χ4v) is 5.57. The maximum atomic E-state index is 13.8. The lowest BCUT2D eigenvalue weighted by atomic mass is 9.72. The zero-order valence-electron chi connectivity index (χ0n) is 19.3. The maximum Gasteiger partial charge on any atom is 0.155 e. The van der Waals surface area contributed by atoms with Gasteiger partial charge in [-0.2, -0.15) is 0 Å². The number of hydrogen-bond acceptors (Lipinski definition) is 4. The number of Topliss-reactive ketones (excluding diaryl/α,β-unsaturated/α-hetero) is 1. The number of aldehydes is 1. The van der Waals surface area contributed by atoms with E-state index in [1.165, 1.54) is 6.08 Å². The molecule has 0 bridgehead atoms. The Morgan fingerprint density at radius 3 is 2.12 bits per heavy atom. The molecular formula is C28H30Cl2O4. The largest absolute Gasteiger partial charge is 0.510 e. The molecule has 1 aliphatic heterocycles. The number of carbonyl (C=O) groups excluding carboxylic acids is 2. The van der Waals surface area contributed by atoms with E-state index in [9.17, 15) is 14.7 Å². The quantitative estimate of drug-likeness (QED) is 0.416. The Hall–Kier alpha value is -2.14. The van der Waals surface area contributed by atoms with E-state index in [0.29, 0.717) is 35.6 Å². The van der Waals surface area contributed by atoms with Crippen molar-refractivity contribution in [2.75, 3.05) is 0 Å². The zero-order chi connectivity index (χ0) is 24.3. The molecule has 1 fully saturated rings. The lowest BCUT2D eigenvalue weighted by Crippen LogP contribution is -2.37. The highest BCUT2D eigenvalue weighted by Gasteiger charge is 2.43. The first-order valence-corrected chi connectivity index (χ1v) is 12.6. The van der Waals surface area contributed by atoms with Gasteiger partial charge in [-0.15, -0.1) is 0 Å². The van der Waals surface area contributed by atoms with Crippen LogP contribution in [0.1, 0.15) is 43.7 Å². The summed E-state index contributed by atoms with van der Waals surface area (Å²) in [5, 5.41) is 11.8. The van der Waals surface area contributed by atoms with Crippen molar-refractivity contribution in [3.63, 3.8) is 0 Å². The third-order valence-corrected chi connectivity index (χ3v) is 7.58. The number of carbonyl (C=O) groups is 2. The molecule has 6 heteroatoms. The van der Waals surface area contributed by atoms with Gasteiger partial charge in [0.15, 0.2) is 6.29 Å². The summed E-state index contributed by atoms with van der Waals surface area (Å²) >= 11 is 12.1. The van der Waals surface area contributed by atoms with Gasteiger partial charge in [-0.25, -0.2) is 0 Å². The number of rotatable bonds is 8. The van der Waals surface area contributed by atoms with Crippen LogP contribution in [0.15, 0.2) is 60.4 Å². The molecule has 2 aromatic rings. The van der Waals surface area contributed by atoms with E-state index in [2.05, 4.69) is 0 Å². The molecule has 0 amide bonds. The average molecular weight is 501 g/mol. The number of ketones is 1. The van der Waals surface area contributed by atoms with Gasteiger partial charge in [0.2, 0.25) is 0 Å². The Morgan fingerprint density at radius 2 is 1.62 bits per heavy atom. The van der Waals surface area contributed by atoms with Crippen LogP contribution in [0.25, 0.3) is 0 Å². The van der Waals surface area contributed by atoms with Crippen LogP contribution in [0.2, 0.25) is 10.0 Å². The highest BCUT2D eigenvalue weighted by atomic mass is 35.5. The molecule has 1 saturated carbocycles. The second kappa shape index (κ2) is 10.6. The normalized spacial score (nSPS) is 26.9. The van der Waals surface area contributed by atoms with Crippen molar-refractivity contribution in [3.05, 3.63) is 81.5 Å². The zero-order valence-corrected chi connectivity index (χ0v) is 20.8. The highest BCUT2D eigenvalue weighted by molar-refractivity contribution is 6.30. The molecule has 1 N–H and O–H groups in total. The Morgan fingerprint density at radius 1 is 1.06 bits per heavy atom. The summed E-state index contributed by atoms with van der Waals surface area (Å²) in [5.74, 6) is 0.0658. The van der Waals surface area contributed by atoms with E-state index >= 15 is 0 Å².